The van der Waals surface area contributed by atoms with Crippen LogP contribution in [-0.2, 0) is 0 Å². The van der Waals surface area contributed by atoms with E-state index in [1.54, 1.807) is 6.92 Å². The van der Waals surface area contributed by atoms with Crippen LogP contribution >= 0.6 is 11.8 Å². The maximum atomic E-state index is 12.9. The molecule has 22 heavy (non-hydrogen) atoms. The number of aromatic nitrogens is 2. The number of hydrogen-bond donors (Lipinski definition) is 1. The summed E-state index contributed by atoms with van der Waals surface area (Å²) in [5.74, 6) is 0.284. The second-order valence-electron chi connectivity index (χ2n) is 5.17. The predicted octanol–water partition coefficient (Wildman–Crippen LogP) is 4.02. The molecule has 0 aliphatic rings. The minimum Gasteiger partial charge on any atom is -0.322 e. The summed E-state index contributed by atoms with van der Waals surface area (Å²) in [6.07, 6.45) is 1.88. The summed E-state index contributed by atoms with van der Waals surface area (Å²) >= 11 is 1.41. The van der Waals surface area contributed by atoms with Gasteiger partial charge in [0, 0.05) is 11.6 Å². The molecular weight excluding hydrogens is 301 g/mol. The Hall–Kier alpha value is -1.95. The molecule has 0 radical (unpaired) electrons. The monoisotopic (exact) mass is 319 g/mol. The summed E-state index contributed by atoms with van der Waals surface area (Å²) in [7, 11) is 0. The highest BCUT2D eigenvalue weighted by Gasteiger charge is 2.19. The van der Waals surface area contributed by atoms with E-state index < -0.39 is 0 Å². The van der Waals surface area contributed by atoms with Crippen molar-refractivity contribution in [2.24, 2.45) is 0 Å². The lowest BCUT2D eigenvalue weighted by molar-refractivity contribution is 0.102. The maximum absolute atomic E-state index is 12.9. The molecule has 0 aliphatic heterocycles. The molecule has 4 nitrogen and oxygen atoms in total. The molecule has 1 amide bonds. The van der Waals surface area contributed by atoms with Crippen molar-refractivity contribution >= 4 is 23.4 Å². The molecule has 6 heteroatoms. The van der Waals surface area contributed by atoms with Gasteiger partial charge >= 0.3 is 0 Å². The molecule has 0 saturated heterocycles. The number of carbonyl (C=O) groups excluding carboxylic acids is 1. The molecule has 1 aromatic carbocycles. The fourth-order valence-corrected chi connectivity index (χ4v) is 2.59. The lowest BCUT2D eigenvalue weighted by atomic mass is 10.1. The minimum absolute atomic E-state index is 0.193. The SMILES string of the molecule is CSc1nc(C(C)C)nc(C)c1C(=O)Nc1ccc(F)cc1. The largest absolute Gasteiger partial charge is 0.322 e. The molecule has 116 valence electrons. The van der Waals surface area contributed by atoms with E-state index in [9.17, 15) is 9.18 Å². The van der Waals surface area contributed by atoms with E-state index in [4.69, 9.17) is 0 Å². The van der Waals surface area contributed by atoms with Gasteiger partial charge in [0.15, 0.2) is 0 Å². The van der Waals surface area contributed by atoms with E-state index in [2.05, 4.69) is 15.3 Å². The summed E-state index contributed by atoms with van der Waals surface area (Å²) < 4.78 is 12.9. The van der Waals surface area contributed by atoms with Gasteiger partial charge in [0.2, 0.25) is 0 Å². The zero-order valence-corrected chi connectivity index (χ0v) is 13.8. The van der Waals surface area contributed by atoms with E-state index in [1.807, 2.05) is 20.1 Å². The fourth-order valence-electron chi connectivity index (χ4n) is 1.96. The molecule has 0 saturated carbocycles. The van der Waals surface area contributed by atoms with Gasteiger partial charge in [0.25, 0.3) is 5.91 Å². The van der Waals surface area contributed by atoms with E-state index in [-0.39, 0.29) is 17.6 Å². The van der Waals surface area contributed by atoms with E-state index in [1.165, 1.54) is 36.0 Å². The zero-order valence-electron chi connectivity index (χ0n) is 13.0. The summed E-state index contributed by atoms with van der Waals surface area (Å²) in [6.45, 7) is 5.82. The average Bonchev–Trinajstić information content (AvgIpc) is 2.48. The van der Waals surface area contributed by atoms with E-state index in [0.29, 0.717) is 22.0 Å². The Morgan fingerprint density at radius 2 is 1.86 bits per heavy atom. The third-order valence-electron chi connectivity index (χ3n) is 3.11. The van der Waals surface area contributed by atoms with Gasteiger partial charge in [-0.15, -0.1) is 11.8 Å². The number of rotatable bonds is 4. The molecular formula is C16H18FN3OS. The van der Waals surface area contributed by atoms with Gasteiger partial charge in [0.05, 0.1) is 11.3 Å². The normalized spacial score (nSPS) is 10.8. The molecule has 2 rings (SSSR count). The Morgan fingerprint density at radius 1 is 1.23 bits per heavy atom. The van der Waals surface area contributed by atoms with Crippen LogP contribution in [0.2, 0.25) is 0 Å². The number of aryl methyl sites for hydroxylation is 1. The molecule has 0 aliphatic carbocycles. The molecule has 0 atom stereocenters. The smallest absolute Gasteiger partial charge is 0.260 e. The van der Waals surface area contributed by atoms with Crippen LogP contribution in [0.25, 0.3) is 0 Å². The first-order chi connectivity index (χ1) is 10.4. The van der Waals surface area contributed by atoms with Crippen molar-refractivity contribution in [3.8, 4) is 0 Å². The van der Waals surface area contributed by atoms with Crippen molar-refractivity contribution in [2.75, 3.05) is 11.6 Å². The minimum atomic E-state index is -0.344. The van der Waals surface area contributed by atoms with Crippen LogP contribution in [0.5, 0.6) is 0 Å². The molecule has 1 N–H and O–H groups in total. The predicted molar refractivity (Wildman–Crippen MR) is 87.0 cm³/mol. The number of amides is 1. The highest BCUT2D eigenvalue weighted by atomic mass is 32.2. The van der Waals surface area contributed by atoms with Crippen LogP contribution in [0, 0.1) is 12.7 Å². The first-order valence-electron chi connectivity index (χ1n) is 6.91. The number of halogens is 1. The van der Waals surface area contributed by atoms with Gasteiger partial charge in [0.1, 0.15) is 16.7 Å². The number of thioether (sulfide) groups is 1. The van der Waals surface area contributed by atoms with Crippen molar-refractivity contribution < 1.29 is 9.18 Å². The molecule has 2 aromatic rings. The van der Waals surface area contributed by atoms with Crippen molar-refractivity contribution in [1.29, 1.82) is 0 Å². The summed E-state index contributed by atoms with van der Waals surface area (Å²) in [6, 6.07) is 5.64. The molecule has 0 bridgehead atoms. The Kier molecular flexibility index (Phi) is 5.13. The second kappa shape index (κ2) is 6.87. The van der Waals surface area contributed by atoms with Crippen molar-refractivity contribution in [3.63, 3.8) is 0 Å². The topological polar surface area (TPSA) is 54.9 Å². The van der Waals surface area contributed by atoms with Gasteiger partial charge < -0.3 is 5.32 Å². The van der Waals surface area contributed by atoms with Crippen molar-refractivity contribution in [2.45, 2.75) is 31.7 Å². The van der Waals surface area contributed by atoms with Gasteiger partial charge in [-0.05, 0) is 37.4 Å². The first kappa shape index (κ1) is 16.4. The molecule has 1 heterocycles. The van der Waals surface area contributed by atoms with Crippen LogP contribution < -0.4 is 5.32 Å². The number of carbonyl (C=O) groups is 1. The number of benzene rings is 1. The lowest BCUT2D eigenvalue weighted by Gasteiger charge is -2.13. The third kappa shape index (κ3) is 3.62. The van der Waals surface area contributed by atoms with Crippen LogP contribution in [0.4, 0.5) is 10.1 Å². The zero-order chi connectivity index (χ0) is 16.3. The highest BCUT2D eigenvalue weighted by molar-refractivity contribution is 7.98. The van der Waals surface area contributed by atoms with Crippen LogP contribution in [0.3, 0.4) is 0 Å². The number of nitrogens with one attached hydrogen (secondary N) is 1. The van der Waals surface area contributed by atoms with Crippen LogP contribution in [-0.4, -0.2) is 22.1 Å². The van der Waals surface area contributed by atoms with Crippen molar-refractivity contribution in [1.82, 2.24) is 9.97 Å². The average molecular weight is 319 g/mol. The Labute approximate surface area is 133 Å². The van der Waals surface area contributed by atoms with E-state index in [0.717, 1.165) is 5.82 Å². The number of hydrogen-bond acceptors (Lipinski definition) is 4. The number of anilines is 1. The summed E-state index contributed by atoms with van der Waals surface area (Å²) in [4.78, 5) is 21.4. The van der Waals surface area contributed by atoms with E-state index >= 15 is 0 Å². The Balaban J connectivity index is 2.34. The second-order valence-corrected chi connectivity index (χ2v) is 5.96. The molecule has 0 fully saturated rings. The Morgan fingerprint density at radius 3 is 2.41 bits per heavy atom. The first-order valence-corrected chi connectivity index (χ1v) is 8.14. The summed E-state index contributed by atoms with van der Waals surface area (Å²) in [5, 5.41) is 3.40. The molecule has 0 unspecified atom stereocenters. The van der Waals surface area contributed by atoms with Gasteiger partial charge in [-0.2, -0.15) is 0 Å². The quantitative estimate of drug-likeness (QED) is 0.683. The molecule has 0 spiro atoms. The standard InChI is InChI=1S/C16H18FN3OS/c1-9(2)14-18-10(3)13(16(20-14)22-4)15(21)19-12-7-5-11(17)6-8-12/h5-9H,1-4H3,(H,19,21). The highest BCUT2D eigenvalue weighted by Crippen LogP contribution is 2.24. The van der Waals surface area contributed by atoms with Gasteiger partial charge in [-0.1, -0.05) is 13.8 Å². The lowest BCUT2D eigenvalue weighted by Crippen LogP contribution is -2.17. The third-order valence-corrected chi connectivity index (χ3v) is 3.80. The Bertz CT molecular complexity index is 687. The summed E-state index contributed by atoms with van der Waals surface area (Å²) in [5.41, 5.74) is 1.63. The maximum Gasteiger partial charge on any atom is 0.260 e. The van der Waals surface area contributed by atoms with Crippen LogP contribution in [0.15, 0.2) is 29.3 Å². The van der Waals surface area contributed by atoms with Crippen LogP contribution in [0.1, 0.15) is 41.6 Å². The number of nitrogens with zero attached hydrogens (tertiary/aromatic N) is 2. The van der Waals surface area contributed by atoms with Gasteiger partial charge in [-0.3, -0.25) is 4.79 Å². The van der Waals surface area contributed by atoms with Crippen molar-refractivity contribution in [3.05, 3.63) is 47.2 Å². The van der Waals surface area contributed by atoms with Gasteiger partial charge in [-0.25, -0.2) is 14.4 Å². The fraction of sp³-hybridized carbons (Fsp3) is 0.312. The molecule has 1 aromatic heterocycles.